The minimum absolute atomic E-state index is 0.310. The second-order valence-electron chi connectivity index (χ2n) is 8.91. The van der Waals surface area contributed by atoms with Crippen molar-refractivity contribution in [1.29, 1.82) is 0 Å². The molecule has 1 nitrogen and oxygen atoms in total. The van der Waals surface area contributed by atoms with Crippen LogP contribution in [-0.4, -0.2) is 14.9 Å². The molecule has 0 amide bonds. The zero-order valence-electron chi connectivity index (χ0n) is 17.7. The quantitative estimate of drug-likeness (QED) is 0.341. The fourth-order valence-electron chi connectivity index (χ4n) is 3.12. The molecule has 0 radical (unpaired) electrons. The first-order chi connectivity index (χ1) is 11.5. The van der Waals surface area contributed by atoms with Crippen LogP contribution in [-0.2, 0) is 4.43 Å². The van der Waals surface area contributed by atoms with Crippen LogP contribution in [0, 0.1) is 5.41 Å². The highest BCUT2D eigenvalue weighted by Crippen LogP contribution is 2.40. The summed E-state index contributed by atoms with van der Waals surface area (Å²) in [4.78, 5) is 0. The summed E-state index contributed by atoms with van der Waals surface area (Å²) >= 11 is 0. The average Bonchev–Trinajstić information content (AvgIpc) is 2.44. The van der Waals surface area contributed by atoms with Crippen LogP contribution < -0.4 is 0 Å². The van der Waals surface area contributed by atoms with Crippen molar-refractivity contribution in [2.75, 3.05) is 6.61 Å². The maximum atomic E-state index is 5.86. The summed E-state index contributed by atoms with van der Waals surface area (Å²) in [6.07, 6.45) is 17.1. The van der Waals surface area contributed by atoms with Gasteiger partial charge >= 0.3 is 0 Å². The molecule has 1 aliphatic rings. The summed E-state index contributed by atoms with van der Waals surface area (Å²) in [6.45, 7) is 18.7. The van der Waals surface area contributed by atoms with Gasteiger partial charge in [0.15, 0.2) is 8.32 Å². The van der Waals surface area contributed by atoms with Gasteiger partial charge in [-0.3, -0.25) is 0 Å². The molecule has 1 aliphatic carbocycles. The van der Waals surface area contributed by atoms with Crippen LogP contribution in [0.4, 0.5) is 0 Å². The van der Waals surface area contributed by atoms with E-state index in [-0.39, 0.29) is 0 Å². The molecule has 25 heavy (non-hydrogen) atoms. The number of hydrogen-bond acceptors (Lipinski definition) is 1. The molecule has 0 aromatic rings. The molecule has 0 bridgehead atoms. The van der Waals surface area contributed by atoms with Gasteiger partial charge in [-0.25, -0.2) is 0 Å². The average molecular weight is 359 g/mol. The number of rotatable bonds is 7. The lowest BCUT2D eigenvalue weighted by Crippen LogP contribution is -2.25. The highest BCUT2D eigenvalue weighted by molar-refractivity contribution is 6.69. The van der Waals surface area contributed by atoms with Gasteiger partial charge in [0.2, 0.25) is 0 Å². The van der Waals surface area contributed by atoms with E-state index in [2.05, 4.69) is 90.7 Å². The standard InChI is InChI=1S/C23H38OSi/c1-19(11-9-12-20(2)16-18-24-25(6,7)8)14-15-22-21(3)13-10-17-23(22,4)5/h9,11-12,14-16H,10,13,17-18H2,1-8H3. The van der Waals surface area contributed by atoms with Crippen molar-refractivity contribution in [2.45, 2.75) is 73.5 Å². The van der Waals surface area contributed by atoms with Gasteiger partial charge in [0.05, 0.1) is 6.61 Å². The number of hydrogen-bond donors (Lipinski definition) is 0. The van der Waals surface area contributed by atoms with E-state index < -0.39 is 8.32 Å². The molecule has 0 spiro atoms. The molecule has 0 fully saturated rings. The molecule has 0 atom stereocenters. The van der Waals surface area contributed by atoms with Gasteiger partial charge in [-0.15, -0.1) is 0 Å². The summed E-state index contributed by atoms with van der Waals surface area (Å²) in [7, 11) is -1.41. The monoisotopic (exact) mass is 358 g/mol. The van der Waals surface area contributed by atoms with Crippen molar-refractivity contribution in [1.82, 2.24) is 0 Å². The van der Waals surface area contributed by atoms with Crippen molar-refractivity contribution in [2.24, 2.45) is 5.41 Å². The minimum Gasteiger partial charge on any atom is -0.414 e. The highest BCUT2D eigenvalue weighted by atomic mass is 28.4. The zero-order valence-corrected chi connectivity index (χ0v) is 18.7. The zero-order chi connectivity index (χ0) is 19.1. The predicted octanol–water partition coefficient (Wildman–Crippen LogP) is 7.37. The van der Waals surface area contributed by atoms with Crippen molar-refractivity contribution in [3.05, 3.63) is 58.7 Å². The summed E-state index contributed by atoms with van der Waals surface area (Å²) < 4.78 is 5.86. The first kappa shape index (κ1) is 21.9. The van der Waals surface area contributed by atoms with Gasteiger partial charge < -0.3 is 4.43 Å². The normalized spacial score (nSPS) is 20.2. The van der Waals surface area contributed by atoms with E-state index >= 15 is 0 Å². The second-order valence-corrected chi connectivity index (χ2v) is 13.4. The Balaban J connectivity index is 2.65. The molecule has 0 N–H and O–H groups in total. The lowest BCUT2D eigenvalue weighted by atomic mass is 9.72. The van der Waals surface area contributed by atoms with Gasteiger partial charge in [0, 0.05) is 0 Å². The van der Waals surface area contributed by atoms with E-state index in [1.807, 2.05) is 0 Å². The van der Waals surface area contributed by atoms with Gasteiger partial charge in [0.1, 0.15) is 0 Å². The maximum absolute atomic E-state index is 5.86. The molecule has 0 unspecified atom stereocenters. The van der Waals surface area contributed by atoms with E-state index in [1.165, 1.54) is 36.0 Å². The van der Waals surface area contributed by atoms with E-state index in [0.29, 0.717) is 5.41 Å². The maximum Gasteiger partial charge on any atom is 0.184 e. The number of allylic oxidation sites excluding steroid dienone is 9. The Kier molecular flexibility index (Phi) is 8.36. The molecular weight excluding hydrogens is 320 g/mol. The largest absolute Gasteiger partial charge is 0.414 e. The van der Waals surface area contributed by atoms with Crippen molar-refractivity contribution in [3.8, 4) is 0 Å². The SMILES string of the molecule is CC(C=CC1=C(C)CCCC1(C)C)=CC=CC(C)=CCO[Si](C)(C)C. The minimum atomic E-state index is -1.41. The first-order valence-electron chi connectivity index (χ1n) is 9.55. The van der Waals surface area contributed by atoms with E-state index in [0.717, 1.165) is 6.61 Å². The van der Waals surface area contributed by atoms with Crippen LogP contribution in [0.2, 0.25) is 19.6 Å². The third-order valence-electron chi connectivity index (χ3n) is 4.70. The van der Waals surface area contributed by atoms with Gasteiger partial charge in [0.25, 0.3) is 0 Å². The molecule has 1 rings (SSSR count). The third kappa shape index (κ3) is 8.69. The van der Waals surface area contributed by atoms with E-state index in [9.17, 15) is 0 Å². The van der Waals surface area contributed by atoms with Crippen molar-refractivity contribution in [3.63, 3.8) is 0 Å². The molecule has 0 aliphatic heterocycles. The molecule has 140 valence electrons. The summed E-state index contributed by atoms with van der Waals surface area (Å²) in [5.74, 6) is 0. The molecule has 0 heterocycles. The third-order valence-corrected chi connectivity index (χ3v) is 5.73. The van der Waals surface area contributed by atoms with Gasteiger partial charge in [-0.2, -0.15) is 0 Å². The summed E-state index contributed by atoms with van der Waals surface area (Å²) in [5.41, 5.74) is 5.92. The van der Waals surface area contributed by atoms with E-state index in [1.54, 1.807) is 5.57 Å². The first-order valence-corrected chi connectivity index (χ1v) is 13.0. The lowest BCUT2D eigenvalue weighted by Gasteiger charge is -2.32. The van der Waals surface area contributed by atoms with Crippen LogP contribution in [0.25, 0.3) is 0 Å². The van der Waals surface area contributed by atoms with Gasteiger partial charge in [-0.05, 0) is 70.7 Å². The topological polar surface area (TPSA) is 9.23 Å². The molecule has 0 aromatic carbocycles. The Morgan fingerprint density at radius 1 is 1.12 bits per heavy atom. The van der Waals surface area contributed by atoms with Crippen LogP contribution >= 0.6 is 0 Å². The van der Waals surface area contributed by atoms with Gasteiger partial charge in [-0.1, -0.05) is 67.0 Å². The Bertz CT molecular complexity index is 592. The van der Waals surface area contributed by atoms with Crippen LogP contribution in [0.15, 0.2) is 58.7 Å². The molecule has 0 saturated carbocycles. The molecular formula is C23H38OSi. The fraction of sp³-hybridized carbons (Fsp3) is 0.565. The Labute approximate surface area is 157 Å². The lowest BCUT2D eigenvalue weighted by molar-refractivity contribution is 0.357. The van der Waals surface area contributed by atoms with E-state index in [4.69, 9.17) is 4.43 Å². The highest BCUT2D eigenvalue weighted by Gasteiger charge is 2.26. The Morgan fingerprint density at radius 2 is 1.80 bits per heavy atom. The van der Waals surface area contributed by atoms with Crippen LogP contribution in [0.3, 0.4) is 0 Å². The molecule has 0 aromatic heterocycles. The van der Waals surface area contributed by atoms with Crippen molar-refractivity contribution < 1.29 is 4.43 Å². The second kappa shape index (κ2) is 9.54. The predicted molar refractivity (Wildman–Crippen MR) is 115 cm³/mol. The van der Waals surface area contributed by atoms with Crippen molar-refractivity contribution >= 4 is 8.32 Å². The summed E-state index contributed by atoms with van der Waals surface area (Å²) in [5, 5.41) is 0. The summed E-state index contributed by atoms with van der Waals surface area (Å²) in [6, 6.07) is 0. The Morgan fingerprint density at radius 3 is 2.40 bits per heavy atom. The fourth-order valence-corrected chi connectivity index (χ4v) is 3.71. The van der Waals surface area contributed by atoms with Crippen LogP contribution in [0.5, 0.6) is 0 Å². The molecule has 0 saturated heterocycles. The smallest absolute Gasteiger partial charge is 0.184 e. The molecule has 2 heteroatoms. The van der Waals surface area contributed by atoms with Crippen LogP contribution in [0.1, 0.15) is 53.9 Å². The Hall–Kier alpha value is -1.12.